The Balaban J connectivity index is 1.12. The van der Waals surface area contributed by atoms with E-state index in [1.54, 1.807) is 0 Å². The number of hydrogen-bond acceptors (Lipinski definition) is 0. The molecule has 0 aliphatic carbocycles. The molecule has 0 unspecified atom stereocenters. The van der Waals surface area contributed by atoms with E-state index in [-0.39, 0.29) is 0 Å². The topological polar surface area (TPSA) is 4.93 Å². The van der Waals surface area contributed by atoms with E-state index in [0.29, 0.717) is 0 Å². The highest BCUT2D eigenvalue weighted by atomic mass is 15.0. The van der Waals surface area contributed by atoms with Crippen molar-refractivity contribution in [1.82, 2.24) is 4.57 Å². The maximum absolute atomic E-state index is 2.40. The first-order chi connectivity index (χ1) is 27.3. The SMILES string of the molecule is c1ccc(-c2ccc(-c3cc(-c4ccc5c6ccccc6c6ccccc6c5c4)cc(-c4ccc5c(c4)c4ccccc4n5-c4ccccc4)c3)cc2)cc1. The second kappa shape index (κ2) is 12.7. The molecule has 0 saturated carbocycles. The lowest BCUT2D eigenvalue weighted by Crippen LogP contribution is -1.93. The minimum Gasteiger partial charge on any atom is -0.309 e. The van der Waals surface area contributed by atoms with Gasteiger partial charge in [-0.2, -0.15) is 0 Å². The van der Waals surface area contributed by atoms with Gasteiger partial charge < -0.3 is 4.57 Å². The quantitative estimate of drug-likeness (QED) is 0.158. The maximum Gasteiger partial charge on any atom is 0.0541 e. The van der Waals surface area contributed by atoms with Crippen LogP contribution < -0.4 is 0 Å². The number of benzene rings is 10. The van der Waals surface area contributed by atoms with E-state index in [4.69, 9.17) is 0 Å². The molecule has 0 atom stereocenters. The summed E-state index contributed by atoms with van der Waals surface area (Å²) in [6.45, 7) is 0. The van der Waals surface area contributed by atoms with Crippen molar-refractivity contribution in [3.63, 3.8) is 0 Å². The van der Waals surface area contributed by atoms with Gasteiger partial charge in [-0.05, 0) is 131 Å². The fraction of sp³-hybridized carbons (Fsp3) is 0. The molecule has 11 aromatic rings. The summed E-state index contributed by atoms with van der Waals surface area (Å²) in [5.41, 5.74) is 13.2. The average Bonchev–Trinajstić information content (AvgIpc) is 3.60. The van der Waals surface area contributed by atoms with Gasteiger partial charge in [0.15, 0.2) is 0 Å². The first-order valence-corrected chi connectivity index (χ1v) is 19.0. The zero-order valence-corrected chi connectivity index (χ0v) is 30.2. The van der Waals surface area contributed by atoms with Gasteiger partial charge >= 0.3 is 0 Å². The van der Waals surface area contributed by atoms with Gasteiger partial charge in [0, 0.05) is 16.5 Å². The van der Waals surface area contributed by atoms with E-state index in [9.17, 15) is 0 Å². The first-order valence-electron chi connectivity index (χ1n) is 19.0. The van der Waals surface area contributed by atoms with Crippen molar-refractivity contribution in [1.29, 1.82) is 0 Å². The minimum absolute atomic E-state index is 1.17. The Bertz CT molecular complexity index is 3190. The molecular formula is C54H35N. The van der Waals surface area contributed by atoms with Crippen LogP contribution in [0.5, 0.6) is 0 Å². The highest BCUT2D eigenvalue weighted by Gasteiger charge is 2.16. The Morgan fingerprint density at radius 3 is 1.20 bits per heavy atom. The van der Waals surface area contributed by atoms with Crippen LogP contribution in [0.1, 0.15) is 0 Å². The standard InChI is InChI=1S/C54H35N/c1-3-13-36(14-4-1)37-23-25-38(26-24-37)41-31-42(39-27-29-49-47-19-8-7-17-45(47)46-18-9-10-20-48(46)51(49)34-39)33-43(32-41)40-28-30-54-52(35-40)50-21-11-12-22-53(50)55(54)44-15-5-2-6-16-44/h1-35H. The molecule has 256 valence electrons. The molecule has 1 aromatic heterocycles. The summed E-state index contributed by atoms with van der Waals surface area (Å²) in [7, 11) is 0. The monoisotopic (exact) mass is 697 g/mol. The number of hydrogen-bond donors (Lipinski definition) is 0. The van der Waals surface area contributed by atoms with Crippen molar-refractivity contribution < 1.29 is 0 Å². The summed E-state index contributed by atoms with van der Waals surface area (Å²) in [6.07, 6.45) is 0. The third kappa shape index (κ3) is 5.24. The number of fused-ring (bicyclic) bond motifs is 9. The van der Waals surface area contributed by atoms with Crippen molar-refractivity contribution in [3.8, 4) is 50.2 Å². The molecule has 1 heterocycles. The normalized spacial score (nSPS) is 11.6. The molecule has 1 heteroatoms. The van der Waals surface area contributed by atoms with Gasteiger partial charge in [0.25, 0.3) is 0 Å². The lowest BCUT2D eigenvalue weighted by molar-refractivity contribution is 1.18. The van der Waals surface area contributed by atoms with E-state index in [1.807, 2.05) is 0 Å². The van der Waals surface area contributed by atoms with Crippen LogP contribution in [0.2, 0.25) is 0 Å². The van der Waals surface area contributed by atoms with E-state index in [2.05, 4.69) is 217 Å². The molecule has 0 amide bonds. The van der Waals surface area contributed by atoms with Crippen LogP contribution >= 0.6 is 0 Å². The van der Waals surface area contributed by atoms with Gasteiger partial charge in [-0.25, -0.2) is 0 Å². The largest absolute Gasteiger partial charge is 0.309 e. The van der Waals surface area contributed by atoms with Crippen LogP contribution in [0.3, 0.4) is 0 Å². The second-order valence-electron chi connectivity index (χ2n) is 14.5. The Kier molecular flexibility index (Phi) is 7.25. The molecule has 0 saturated heterocycles. The van der Waals surface area contributed by atoms with Crippen LogP contribution in [-0.4, -0.2) is 4.57 Å². The van der Waals surface area contributed by atoms with Crippen molar-refractivity contribution >= 4 is 54.1 Å². The van der Waals surface area contributed by atoms with Crippen molar-refractivity contribution in [3.05, 3.63) is 212 Å². The Morgan fingerprint density at radius 2 is 0.582 bits per heavy atom. The lowest BCUT2D eigenvalue weighted by atomic mass is 9.89. The molecule has 0 aliphatic rings. The van der Waals surface area contributed by atoms with Crippen molar-refractivity contribution in [2.75, 3.05) is 0 Å². The van der Waals surface area contributed by atoms with Gasteiger partial charge in [-0.15, -0.1) is 0 Å². The third-order valence-corrected chi connectivity index (χ3v) is 11.4. The van der Waals surface area contributed by atoms with E-state index >= 15 is 0 Å². The summed E-state index contributed by atoms with van der Waals surface area (Å²) in [6, 6.07) is 77.8. The van der Waals surface area contributed by atoms with Crippen LogP contribution in [0.15, 0.2) is 212 Å². The Hall–Kier alpha value is -7.22. The number of aromatic nitrogens is 1. The average molecular weight is 698 g/mol. The number of rotatable bonds is 5. The Labute approximate surface area is 320 Å². The summed E-state index contributed by atoms with van der Waals surface area (Å²) in [5.74, 6) is 0. The zero-order valence-electron chi connectivity index (χ0n) is 30.2. The fourth-order valence-corrected chi connectivity index (χ4v) is 8.71. The molecule has 11 rings (SSSR count). The summed E-state index contributed by atoms with van der Waals surface area (Å²) in [4.78, 5) is 0. The summed E-state index contributed by atoms with van der Waals surface area (Å²) >= 11 is 0. The summed E-state index contributed by atoms with van der Waals surface area (Å²) in [5, 5.41) is 10.2. The molecule has 0 spiro atoms. The molecule has 0 bridgehead atoms. The molecule has 0 radical (unpaired) electrons. The fourth-order valence-electron chi connectivity index (χ4n) is 8.71. The molecule has 55 heavy (non-hydrogen) atoms. The highest BCUT2D eigenvalue weighted by molar-refractivity contribution is 6.25. The predicted octanol–water partition coefficient (Wildman–Crippen LogP) is 14.9. The van der Waals surface area contributed by atoms with Gasteiger partial charge in [-0.3, -0.25) is 0 Å². The van der Waals surface area contributed by atoms with Gasteiger partial charge in [0.1, 0.15) is 0 Å². The predicted molar refractivity (Wildman–Crippen MR) is 235 cm³/mol. The van der Waals surface area contributed by atoms with Crippen LogP contribution in [0.25, 0.3) is 104 Å². The molecule has 1 nitrogen and oxygen atoms in total. The number of para-hydroxylation sites is 2. The third-order valence-electron chi connectivity index (χ3n) is 11.4. The van der Waals surface area contributed by atoms with Crippen LogP contribution in [0.4, 0.5) is 0 Å². The van der Waals surface area contributed by atoms with Crippen LogP contribution in [0, 0.1) is 0 Å². The Morgan fingerprint density at radius 1 is 0.200 bits per heavy atom. The van der Waals surface area contributed by atoms with E-state index in [0.717, 1.165) is 0 Å². The highest BCUT2D eigenvalue weighted by Crippen LogP contribution is 2.41. The lowest BCUT2D eigenvalue weighted by Gasteiger charge is -2.15. The van der Waals surface area contributed by atoms with Gasteiger partial charge in [0.05, 0.1) is 11.0 Å². The van der Waals surface area contributed by atoms with Crippen molar-refractivity contribution in [2.45, 2.75) is 0 Å². The van der Waals surface area contributed by atoms with E-state index in [1.165, 1.54) is 104 Å². The van der Waals surface area contributed by atoms with Crippen molar-refractivity contribution in [2.24, 2.45) is 0 Å². The second-order valence-corrected chi connectivity index (χ2v) is 14.5. The van der Waals surface area contributed by atoms with Gasteiger partial charge in [0.2, 0.25) is 0 Å². The minimum atomic E-state index is 1.17. The smallest absolute Gasteiger partial charge is 0.0541 e. The number of nitrogens with zero attached hydrogens (tertiary/aromatic N) is 1. The van der Waals surface area contributed by atoms with Gasteiger partial charge in [-0.1, -0.05) is 158 Å². The molecule has 0 aliphatic heterocycles. The first kappa shape index (κ1) is 31.3. The summed E-state index contributed by atoms with van der Waals surface area (Å²) < 4.78 is 2.38. The molecule has 10 aromatic carbocycles. The maximum atomic E-state index is 2.40. The zero-order chi connectivity index (χ0) is 36.3. The van der Waals surface area contributed by atoms with Crippen LogP contribution in [-0.2, 0) is 0 Å². The molecule has 0 N–H and O–H groups in total. The molecule has 0 fully saturated rings. The van der Waals surface area contributed by atoms with E-state index < -0.39 is 0 Å². The molecular weight excluding hydrogens is 663 g/mol.